The average Bonchev–Trinajstić information content (AvgIpc) is 2.68. The molecule has 70 valence electrons. The summed E-state index contributed by atoms with van der Waals surface area (Å²) in [6.07, 6.45) is 4.04. The highest BCUT2D eigenvalue weighted by Gasteiger charge is 2.48. The molecule has 12 heavy (non-hydrogen) atoms. The summed E-state index contributed by atoms with van der Waals surface area (Å²) in [5.74, 6) is 0. The normalized spacial score (nSPS) is 29.5. The van der Waals surface area contributed by atoms with Crippen molar-refractivity contribution in [3.63, 3.8) is 0 Å². The number of nitrogens with zero attached hydrogens (tertiary/aromatic N) is 1. The molecule has 0 amide bonds. The van der Waals surface area contributed by atoms with Crippen LogP contribution >= 0.6 is 0 Å². The molecule has 3 heteroatoms. The molecule has 0 bridgehead atoms. The van der Waals surface area contributed by atoms with Gasteiger partial charge in [0.25, 0.3) is 0 Å². The molecule has 0 aromatic rings. The van der Waals surface area contributed by atoms with Crippen LogP contribution in [0.2, 0.25) is 0 Å². The van der Waals surface area contributed by atoms with Crippen LogP contribution in [0.5, 0.6) is 0 Å². The second-order valence-corrected chi connectivity index (χ2v) is 4.08. The van der Waals surface area contributed by atoms with Crippen LogP contribution < -0.4 is 0 Å². The lowest BCUT2D eigenvalue weighted by molar-refractivity contribution is -0.256. The Balaban J connectivity index is 1.76. The lowest BCUT2D eigenvalue weighted by Gasteiger charge is -2.18. The van der Waals surface area contributed by atoms with Gasteiger partial charge < -0.3 is 5.11 Å². The topological polar surface area (TPSA) is 32.7 Å². The fourth-order valence-electron chi connectivity index (χ4n) is 1.82. The minimum Gasteiger partial charge on any atom is -0.366 e. The first kappa shape index (κ1) is 8.48. The quantitative estimate of drug-likeness (QED) is 0.646. The standard InChI is InChI=1S/C9H17NO2/c1-2-8(11)12-10-6-5-9(7-10)3-4-9/h8,11H,2-7H2,1H3. The van der Waals surface area contributed by atoms with Crippen LogP contribution in [0.4, 0.5) is 0 Å². The van der Waals surface area contributed by atoms with Crippen LogP contribution in [-0.4, -0.2) is 29.5 Å². The highest BCUT2D eigenvalue weighted by atomic mass is 16.8. The molecule has 1 heterocycles. The van der Waals surface area contributed by atoms with Crippen LogP contribution in [0.1, 0.15) is 32.6 Å². The monoisotopic (exact) mass is 171 g/mol. The van der Waals surface area contributed by atoms with E-state index in [-0.39, 0.29) is 0 Å². The summed E-state index contributed by atoms with van der Waals surface area (Å²) in [7, 11) is 0. The Bertz CT molecular complexity index is 168. The number of aliphatic hydroxyl groups excluding tert-OH is 1. The molecule has 1 unspecified atom stereocenters. The lowest BCUT2D eigenvalue weighted by Crippen LogP contribution is -2.27. The molecular formula is C9H17NO2. The van der Waals surface area contributed by atoms with Crippen molar-refractivity contribution in [3.8, 4) is 0 Å². The summed E-state index contributed by atoms with van der Waals surface area (Å²) in [4.78, 5) is 5.32. The minimum absolute atomic E-state index is 0.591. The van der Waals surface area contributed by atoms with E-state index < -0.39 is 6.29 Å². The van der Waals surface area contributed by atoms with Crippen LogP contribution in [0.25, 0.3) is 0 Å². The van der Waals surface area contributed by atoms with Gasteiger partial charge in [-0.15, -0.1) is 0 Å². The van der Waals surface area contributed by atoms with Crippen LogP contribution in [0.15, 0.2) is 0 Å². The van der Waals surface area contributed by atoms with Crippen LogP contribution in [0, 0.1) is 5.41 Å². The molecule has 0 aromatic heterocycles. The van der Waals surface area contributed by atoms with Gasteiger partial charge in [0.1, 0.15) is 0 Å². The molecule has 1 saturated heterocycles. The van der Waals surface area contributed by atoms with E-state index in [0.717, 1.165) is 13.1 Å². The molecule has 1 atom stereocenters. The number of hydrogen-bond donors (Lipinski definition) is 1. The zero-order valence-electron chi connectivity index (χ0n) is 7.62. The molecule has 1 aliphatic heterocycles. The summed E-state index contributed by atoms with van der Waals surface area (Å²) in [6, 6.07) is 0. The number of rotatable bonds is 3. The third-order valence-electron chi connectivity index (χ3n) is 2.98. The molecule has 1 spiro atoms. The van der Waals surface area contributed by atoms with Gasteiger partial charge in [-0.3, -0.25) is 4.84 Å². The van der Waals surface area contributed by atoms with Gasteiger partial charge in [0.05, 0.1) is 0 Å². The van der Waals surface area contributed by atoms with E-state index in [1.807, 2.05) is 12.0 Å². The average molecular weight is 171 g/mol. The minimum atomic E-state index is -0.598. The second kappa shape index (κ2) is 2.98. The van der Waals surface area contributed by atoms with E-state index in [9.17, 15) is 5.11 Å². The fraction of sp³-hybridized carbons (Fsp3) is 1.00. The highest BCUT2D eigenvalue weighted by molar-refractivity contribution is 4.98. The van der Waals surface area contributed by atoms with Crippen molar-refractivity contribution in [1.82, 2.24) is 5.06 Å². The maximum absolute atomic E-state index is 9.25. The molecule has 2 fully saturated rings. The van der Waals surface area contributed by atoms with Gasteiger partial charge in [0, 0.05) is 13.1 Å². The van der Waals surface area contributed by atoms with Crippen LogP contribution in [0.3, 0.4) is 0 Å². The fourth-order valence-corrected chi connectivity index (χ4v) is 1.82. The van der Waals surface area contributed by atoms with Crippen molar-refractivity contribution in [2.75, 3.05) is 13.1 Å². The highest BCUT2D eigenvalue weighted by Crippen LogP contribution is 2.52. The van der Waals surface area contributed by atoms with Crippen molar-refractivity contribution in [1.29, 1.82) is 0 Å². The molecule has 1 aliphatic carbocycles. The van der Waals surface area contributed by atoms with E-state index in [0.29, 0.717) is 11.8 Å². The van der Waals surface area contributed by atoms with Gasteiger partial charge in [0.15, 0.2) is 6.29 Å². The summed E-state index contributed by atoms with van der Waals surface area (Å²) >= 11 is 0. The van der Waals surface area contributed by atoms with Gasteiger partial charge >= 0.3 is 0 Å². The van der Waals surface area contributed by atoms with Crippen molar-refractivity contribution >= 4 is 0 Å². The maximum Gasteiger partial charge on any atom is 0.174 e. The largest absolute Gasteiger partial charge is 0.366 e. The van der Waals surface area contributed by atoms with Crippen molar-refractivity contribution in [2.45, 2.75) is 38.9 Å². The molecule has 0 radical (unpaired) electrons. The number of hydroxylamine groups is 2. The summed E-state index contributed by atoms with van der Waals surface area (Å²) in [5, 5.41) is 11.2. The number of aliphatic hydroxyl groups is 1. The third kappa shape index (κ3) is 1.63. The van der Waals surface area contributed by atoms with Gasteiger partial charge in [-0.05, 0) is 31.1 Å². The first-order valence-corrected chi connectivity index (χ1v) is 4.84. The maximum atomic E-state index is 9.25. The molecule has 1 N–H and O–H groups in total. The first-order valence-electron chi connectivity index (χ1n) is 4.84. The molecule has 1 saturated carbocycles. The SMILES string of the molecule is CCC(O)ON1CCC2(CC2)C1. The molecule has 3 nitrogen and oxygen atoms in total. The predicted octanol–water partition coefficient (Wildman–Crippen LogP) is 1.13. The Morgan fingerprint density at radius 2 is 2.25 bits per heavy atom. The Hall–Kier alpha value is -0.120. The smallest absolute Gasteiger partial charge is 0.174 e. The van der Waals surface area contributed by atoms with E-state index in [4.69, 9.17) is 4.84 Å². The van der Waals surface area contributed by atoms with Crippen molar-refractivity contribution in [3.05, 3.63) is 0 Å². The van der Waals surface area contributed by atoms with Gasteiger partial charge in [-0.25, -0.2) is 0 Å². The Kier molecular flexibility index (Phi) is 2.10. The summed E-state index contributed by atoms with van der Waals surface area (Å²) in [6.45, 7) is 3.95. The molecule has 2 rings (SSSR count). The molecular weight excluding hydrogens is 154 g/mol. The first-order chi connectivity index (χ1) is 5.74. The Labute approximate surface area is 73.3 Å². The summed E-state index contributed by atoms with van der Waals surface area (Å²) < 4.78 is 0. The van der Waals surface area contributed by atoms with Gasteiger partial charge in [-0.1, -0.05) is 6.92 Å². The van der Waals surface area contributed by atoms with E-state index in [1.54, 1.807) is 0 Å². The lowest BCUT2D eigenvalue weighted by atomic mass is 10.1. The van der Waals surface area contributed by atoms with Gasteiger partial charge in [-0.2, -0.15) is 5.06 Å². The second-order valence-electron chi connectivity index (χ2n) is 4.08. The van der Waals surface area contributed by atoms with Crippen molar-refractivity contribution < 1.29 is 9.94 Å². The Morgan fingerprint density at radius 3 is 2.75 bits per heavy atom. The zero-order chi connectivity index (χ0) is 8.60. The molecule has 2 aliphatic rings. The van der Waals surface area contributed by atoms with Gasteiger partial charge in [0.2, 0.25) is 0 Å². The zero-order valence-corrected chi connectivity index (χ0v) is 7.62. The van der Waals surface area contributed by atoms with Crippen LogP contribution in [-0.2, 0) is 4.84 Å². The third-order valence-corrected chi connectivity index (χ3v) is 2.98. The predicted molar refractivity (Wildman–Crippen MR) is 45.2 cm³/mol. The Morgan fingerprint density at radius 1 is 1.50 bits per heavy atom. The van der Waals surface area contributed by atoms with E-state index in [2.05, 4.69) is 0 Å². The van der Waals surface area contributed by atoms with Crippen molar-refractivity contribution in [2.24, 2.45) is 5.41 Å². The van der Waals surface area contributed by atoms with E-state index in [1.165, 1.54) is 19.3 Å². The summed E-state index contributed by atoms with van der Waals surface area (Å²) in [5.41, 5.74) is 0.591. The molecule has 0 aromatic carbocycles. The number of hydrogen-bond acceptors (Lipinski definition) is 3. The van der Waals surface area contributed by atoms with E-state index >= 15 is 0 Å².